The second-order valence-corrected chi connectivity index (χ2v) is 5.32. The highest BCUT2D eigenvalue weighted by molar-refractivity contribution is 4.86. The normalized spacial score (nSPS) is 28.0. The molecule has 15 heavy (non-hydrogen) atoms. The van der Waals surface area contributed by atoms with Gasteiger partial charge in [0.25, 0.3) is 0 Å². The predicted molar refractivity (Wildman–Crippen MR) is 59.3 cm³/mol. The molecule has 2 fully saturated rings. The van der Waals surface area contributed by atoms with Crippen LogP contribution in [0.25, 0.3) is 0 Å². The van der Waals surface area contributed by atoms with Crippen molar-refractivity contribution in [3.8, 4) is 0 Å². The van der Waals surface area contributed by atoms with Crippen molar-refractivity contribution in [3.63, 3.8) is 0 Å². The summed E-state index contributed by atoms with van der Waals surface area (Å²) in [5.74, 6) is 1.26. The van der Waals surface area contributed by atoms with E-state index in [1.165, 1.54) is 19.3 Å². The molecule has 0 aromatic rings. The number of aliphatic hydroxyl groups is 2. The number of likely N-dealkylation sites (tertiary alicyclic amines) is 1. The summed E-state index contributed by atoms with van der Waals surface area (Å²) in [5.41, 5.74) is 0. The predicted octanol–water partition coefficient (Wildman–Crippen LogP) is 1.06. The number of rotatable bonds is 3. The Bertz CT molecular complexity index is 196. The van der Waals surface area contributed by atoms with E-state index in [1.807, 2.05) is 0 Å². The van der Waals surface area contributed by atoms with Gasteiger partial charge in [0.05, 0.1) is 0 Å². The first-order chi connectivity index (χ1) is 7.18. The molecular formula is C12H23NO2. The van der Waals surface area contributed by atoms with Gasteiger partial charge in [-0.15, -0.1) is 0 Å². The molecule has 3 nitrogen and oxygen atoms in total. The molecule has 1 saturated carbocycles. The summed E-state index contributed by atoms with van der Waals surface area (Å²) in [6.07, 6.45) is 4.86. The summed E-state index contributed by atoms with van der Waals surface area (Å²) in [4.78, 5) is 2.33. The molecule has 1 aliphatic carbocycles. The van der Waals surface area contributed by atoms with Gasteiger partial charge in [0.2, 0.25) is 0 Å². The van der Waals surface area contributed by atoms with Gasteiger partial charge in [0.15, 0.2) is 6.29 Å². The van der Waals surface area contributed by atoms with E-state index in [0.717, 1.165) is 25.9 Å². The van der Waals surface area contributed by atoms with Gasteiger partial charge in [-0.3, -0.25) is 0 Å². The van der Waals surface area contributed by atoms with Crippen molar-refractivity contribution >= 4 is 0 Å². The molecule has 3 heteroatoms. The molecule has 2 aliphatic rings. The number of nitrogens with zero attached hydrogens (tertiary/aromatic N) is 1. The van der Waals surface area contributed by atoms with Crippen LogP contribution >= 0.6 is 0 Å². The van der Waals surface area contributed by atoms with Gasteiger partial charge in [-0.25, -0.2) is 0 Å². The second kappa shape index (κ2) is 4.81. The second-order valence-electron chi connectivity index (χ2n) is 5.32. The molecule has 1 unspecified atom stereocenters. The summed E-state index contributed by atoms with van der Waals surface area (Å²) in [6.45, 7) is 2.22. The van der Waals surface area contributed by atoms with Gasteiger partial charge >= 0.3 is 0 Å². The van der Waals surface area contributed by atoms with Crippen LogP contribution in [0.2, 0.25) is 0 Å². The van der Waals surface area contributed by atoms with Gasteiger partial charge in [-0.05, 0) is 57.7 Å². The zero-order chi connectivity index (χ0) is 10.8. The number of hydrogen-bond donors (Lipinski definition) is 2. The average Bonchev–Trinajstić information content (AvgIpc) is 2.12. The van der Waals surface area contributed by atoms with E-state index in [2.05, 4.69) is 11.9 Å². The standard InChI is InChI=1S/C12H23NO2/c1-13-7-5-10(6-8-13)11(12(14)15)9-3-2-4-9/h9-12,14-15H,2-8H2,1H3. The van der Waals surface area contributed by atoms with Gasteiger partial charge in [-0.2, -0.15) is 0 Å². The van der Waals surface area contributed by atoms with Crippen molar-refractivity contribution in [2.75, 3.05) is 20.1 Å². The van der Waals surface area contributed by atoms with Crippen LogP contribution in [-0.4, -0.2) is 41.5 Å². The summed E-state index contributed by atoms with van der Waals surface area (Å²) in [6, 6.07) is 0. The van der Waals surface area contributed by atoms with E-state index >= 15 is 0 Å². The van der Waals surface area contributed by atoms with Crippen LogP contribution in [0, 0.1) is 17.8 Å². The van der Waals surface area contributed by atoms with Crippen LogP contribution in [-0.2, 0) is 0 Å². The van der Waals surface area contributed by atoms with Crippen LogP contribution in [0.5, 0.6) is 0 Å². The first kappa shape index (κ1) is 11.4. The van der Waals surface area contributed by atoms with Crippen molar-refractivity contribution in [2.45, 2.75) is 38.4 Å². The van der Waals surface area contributed by atoms with E-state index in [-0.39, 0.29) is 5.92 Å². The van der Waals surface area contributed by atoms with E-state index in [0.29, 0.717) is 11.8 Å². The molecule has 1 atom stereocenters. The highest BCUT2D eigenvalue weighted by Crippen LogP contribution is 2.41. The molecule has 0 aromatic heterocycles. The quantitative estimate of drug-likeness (QED) is 0.689. The molecule has 0 radical (unpaired) electrons. The van der Waals surface area contributed by atoms with Crippen molar-refractivity contribution in [1.29, 1.82) is 0 Å². The summed E-state index contributed by atoms with van der Waals surface area (Å²) < 4.78 is 0. The maximum atomic E-state index is 9.51. The molecule has 0 spiro atoms. The van der Waals surface area contributed by atoms with Crippen LogP contribution in [0.1, 0.15) is 32.1 Å². The van der Waals surface area contributed by atoms with E-state index < -0.39 is 6.29 Å². The van der Waals surface area contributed by atoms with Crippen molar-refractivity contribution in [3.05, 3.63) is 0 Å². The summed E-state index contributed by atoms with van der Waals surface area (Å²) >= 11 is 0. The Morgan fingerprint density at radius 2 is 1.53 bits per heavy atom. The number of hydrogen-bond acceptors (Lipinski definition) is 3. The van der Waals surface area contributed by atoms with E-state index in [4.69, 9.17) is 0 Å². The minimum Gasteiger partial charge on any atom is -0.368 e. The molecule has 2 rings (SSSR count). The Labute approximate surface area is 92.1 Å². The van der Waals surface area contributed by atoms with Crippen molar-refractivity contribution in [1.82, 2.24) is 4.90 Å². The lowest BCUT2D eigenvalue weighted by Crippen LogP contribution is -2.42. The molecule has 1 heterocycles. The third-order valence-electron chi connectivity index (χ3n) is 4.35. The Morgan fingerprint density at radius 3 is 1.93 bits per heavy atom. The summed E-state index contributed by atoms with van der Waals surface area (Å²) in [5, 5.41) is 19.0. The first-order valence-electron chi connectivity index (χ1n) is 6.23. The SMILES string of the molecule is CN1CCC(C(C(O)O)C2CCC2)CC1. The molecular weight excluding hydrogens is 190 g/mol. The lowest BCUT2D eigenvalue weighted by molar-refractivity contribution is -0.135. The Balaban J connectivity index is 1.92. The van der Waals surface area contributed by atoms with Crippen LogP contribution < -0.4 is 0 Å². The Morgan fingerprint density at radius 1 is 1.00 bits per heavy atom. The lowest BCUT2D eigenvalue weighted by Gasteiger charge is -2.42. The largest absolute Gasteiger partial charge is 0.368 e. The highest BCUT2D eigenvalue weighted by atomic mass is 16.5. The molecule has 1 saturated heterocycles. The lowest BCUT2D eigenvalue weighted by atomic mass is 9.68. The number of piperidine rings is 1. The van der Waals surface area contributed by atoms with Crippen LogP contribution in [0.15, 0.2) is 0 Å². The molecule has 1 aliphatic heterocycles. The Kier molecular flexibility index (Phi) is 3.65. The Hall–Kier alpha value is -0.120. The van der Waals surface area contributed by atoms with Crippen molar-refractivity contribution in [2.24, 2.45) is 17.8 Å². The third kappa shape index (κ3) is 2.52. The molecule has 88 valence electrons. The topological polar surface area (TPSA) is 43.7 Å². The van der Waals surface area contributed by atoms with Crippen LogP contribution in [0.4, 0.5) is 0 Å². The fraction of sp³-hybridized carbons (Fsp3) is 1.00. The van der Waals surface area contributed by atoms with E-state index in [1.54, 1.807) is 0 Å². The first-order valence-corrected chi connectivity index (χ1v) is 6.23. The fourth-order valence-corrected chi connectivity index (χ4v) is 3.11. The molecule has 0 bridgehead atoms. The van der Waals surface area contributed by atoms with Gasteiger partial charge < -0.3 is 15.1 Å². The van der Waals surface area contributed by atoms with Crippen molar-refractivity contribution < 1.29 is 10.2 Å². The average molecular weight is 213 g/mol. The molecule has 0 aromatic carbocycles. The zero-order valence-electron chi connectivity index (χ0n) is 9.60. The van der Waals surface area contributed by atoms with Gasteiger partial charge in [-0.1, -0.05) is 6.42 Å². The van der Waals surface area contributed by atoms with E-state index in [9.17, 15) is 10.2 Å². The molecule has 0 amide bonds. The van der Waals surface area contributed by atoms with Gasteiger partial charge in [0, 0.05) is 5.92 Å². The minimum absolute atomic E-state index is 0.146. The third-order valence-corrected chi connectivity index (χ3v) is 4.35. The summed E-state index contributed by atoms with van der Waals surface area (Å²) in [7, 11) is 2.14. The van der Waals surface area contributed by atoms with Gasteiger partial charge in [0.1, 0.15) is 0 Å². The maximum absolute atomic E-state index is 9.51. The maximum Gasteiger partial charge on any atom is 0.154 e. The number of aliphatic hydroxyl groups excluding tert-OH is 1. The molecule has 2 N–H and O–H groups in total. The minimum atomic E-state index is -1.09. The highest BCUT2D eigenvalue weighted by Gasteiger charge is 2.38. The monoisotopic (exact) mass is 213 g/mol. The van der Waals surface area contributed by atoms with Crippen LogP contribution in [0.3, 0.4) is 0 Å². The fourth-order valence-electron chi connectivity index (χ4n) is 3.11. The zero-order valence-corrected chi connectivity index (χ0v) is 9.60. The smallest absolute Gasteiger partial charge is 0.154 e.